The monoisotopic (exact) mass is 238 g/mol. The van der Waals surface area contributed by atoms with Gasteiger partial charge in [0, 0.05) is 0 Å². The normalized spacial score (nSPS) is 11.9. The summed E-state index contributed by atoms with van der Waals surface area (Å²) < 4.78 is 0. The van der Waals surface area contributed by atoms with E-state index in [0.717, 1.165) is 12.8 Å². The molecule has 0 aliphatic rings. The van der Waals surface area contributed by atoms with Crippen molar-refractivity contribution in [3.8, 4) is 0 Å². The van der Waals surface area contributed by atoms with Gasteiger partial charge in [0.15, 0.2) is 0 Å². The maximum Gasteiger partial charge on any atom is 0.320 e. The Labute approximate surface area is 94.7 Å². The minimum atomic E-state index is -0.954. The molecule has 16 heavy (non-hydrogen) atoms. The lowest BCUT2D eigenvalue weighted by Crippen LogP contribution is -2.29. The molecule has 0 aromatic carbocycles. The number of aliphatic hydroxyl groups excluding tert-OH is 3. The Hall–Kier alpha value is -0.730. The first-order valence-electron chi connectivity index (χ1n) is 5.07. The Morgan fingerprint density at radius 2 is 1.69 bits per heavy atom. The van der Waals surface area contributed by atoms with Crippen LogP contribution in [0.25, 0.3) is 0 Å². The third-order valence-corrected chi connectivity index (χ3v) is 1.71. The number of aliphatic carboxylic acids is 1. The first-order valence-corrected chi connectivity index (χ1v) is 5.07. The van der Waals surface area contributed by atoms with Crippen molar-refractivity contribution in [2.75, 3.05) is 19.8 Å². The summed E-state index contributed by atoms with van der Waals surface area (Å²) in [5, 5.41) is 32.3. The summed E-state index contributed by atoms with van der Waals surface area (Å²) in [6.45, 7) is -0.126. The third kappa shape index (κ3) is 13.3. The van der Waals surface area contributed by atoms with Gasteiger partial charge in [-0.15, -0.1) is 0 Å². The topological polar surface area (TPSA) is 150 Å². The molecule has 0 heterocycles. The molecule has 7 nitrogen and oxygen atoms in total. The van der Waals surface area contributed by atoms with E-state index in [1.54, 1.807) is 0 Å². The maximum atomic E-state index is 10.1. The molecule has 1 atom stereocenters. The fraction of sp³-hybridized carbons (Fsp3) is 0.889. The SMILES string of the molecule is NCCCC[C@H](N)C(=O)O.OCC(O)CO. The average molecular weight is 238 g/mol. The molecule has 0 spiro atoms. The van der Waals surface area contributed by atoms with Gasteiger partial charge in [-0.2, -0.15) is 0 Å². The zero-order valence-corrected chi connectivity index (χ0v) is 9.25. The molecule has 0 bridgehead atoms. The number of carboxylic acids is 1. The summed E-state index contributed by atoms with van der Waals surface area (Å²) in [4.78, 5) is 10.1. The first kappa shape index (κ1) is 17.7. The van der Waals surface area contributed by atoms with Crippen molar-refractivity contribution in [3.63, 3.8) is 0 Å². The van der Waals surface area contributed by atoms with Crippen LogP contribution in [0.5, 0.6) is 0 Å². The fourth-order valence-corrected chi connectivity index (χ4v) is 0.690. The molecule has 98 valence electrons. The van der Waals surface area contributed by atoms with E-state index in [4.69, 9.17) is 31.9 Å². The van der Waals surface area contributed by atoms with Gasteiger partial charge in [0.1, 0.15) is 12.1 Å². The molecule has 0 aliphatic heterocycles. The lowest BCUT2D eigenvalue weighted by atomic mass is 10.1. The largest absolute Gasteiger partial charge is 0.480 e. The molecule has 0 saturated heterocycles. The number of carbonyl (C=O) groups is 1. The van der Waals surface area contributed by atoms with Crippen LogP contribution in [0, 0.1) is 0 Å². The Bertz CT molecular complexity index is 164. The van der Waals surface area contributed by atoms with Crippen LogP contribution in [0.4, 0.5) is 0 Å². The summed E-state index contributed by atoms with van der Waals surface area (Å²) >= 11 is 0. The lowest BCUT2D eigenvalue weighted by molar-refractivity contribution is -0.138. The molecule has 0 aromatic rings. The van der Waals surface area contributed by atoms with Gasteiger partial charge in [-0.1, -0.05) is 6.42 Å². The highest BCUT2D eigenvalue weighted by Gasteiger charge is 2.09. The first-order chi connectivity index (χ1) is 7.49. The van der Waals surface area contributed by atoms with E-state index in [1.807, 2.05) is 0 Å². The number of aliphatic hydroxyl groups is 3. The van der Waals surface area contributed by atoms with Crippen molar-refractivity contribution in [2.45, 2.75) is 31.4 Å². The second-order valence-corrected chi connectivity index (χ2v) is 3.25. The van der Waals surface area contributed by atoms with Crippen molar-refractivity contribution in [1.29, 1.82) is 0 Å². The average Bonchev–Trinajstić information content (AvgIpc) is 2.28. The van der Waals surface area contributed by atoms with Gasteiger partial charge in [-0.05, 0) is 19.4 Å². The van der Waals surface area contributed by atoms with Gasteiger partial charge in [0.2, 0.25) is 0 Å². The maximum absolute atomic E-state index is 10.1. The van der Waals surface area contributed by atoms with Crippen LogP contribution in [-0.2, 0) is 4.79 Å². The summed E-state index contributed by atoms with van der Waals surface area (Å²) in [7, 11) is 0. The van der Waals surface area contributed by atoms with Crippen LogP contribution < -0.4 is 11.5 Å². The van der Waals surface area contributed by atoms with Crippen molar-refractivity contribution in [3.05, 3.63) is 0 Å². The second-order valence-electron chi connectivity index (χ2n) is 3.25. The summed E-state index contributed by atoms with van der Waals surface area (Å²) in [6.07, 6.45) is 1.21. The highest BCUT2D eigenvalue weighted by molar-refractivity contribution is 5.72. The predicted molar refractivity (Wildman–Crippen MR) is 58.7 cm³/mol. The highest BCUT2D eigenvalue weighted by atomic mass is 16.4. The van der Waals surface area contributed by atoms with Crippen LogP contribution >= 0.6 is 0 Å². The number of hydrogen-bond donors (Lipinski definition) is 6. The zero-order chi connectivity index (χ0) is 13.0. The van der Waals surface area contributed by atoms with E-state index in [0.29, 0.717) is 13.0 Å². The fourth-order valence-electron chi connectivity index (χ4n) is 0.690. The molecular formula is C9H22N2O5. The van der Waals surface area contributed by atoms with Gasteiger partial charge >= 0.3 is 5.97 Å². The molecule has 0 rings (SSSR count). The van der Waals surface area contributed by atoms with Crippen molar-refractivity contribution < 1.29 is 25.2 Å². The van der Waals surface area contributed by atoms with Gasteiger partial charge in [-0.25, -0.2) is 0 Å². The molecule has 8 N–H and O–H groups in total. The van der Waals surface area contributed by atoms with E-state index in [1.165, 1.54) is 0 Å². The Morgan fingerprint density at radius 3 is 1.94 bits per heavy atom. The van der Waals surface area contributed by atoms with Crippen molar-refractivity contribution >= 4 is 5.97 Å². The van der Waals surface area contributed by atoms with E-state index >= 15 is 0 Å². The Balaban J connectivity index is 0. The van der Waals surface area contributed by atoms with E-state index < -0.39 is 18.1 Å². The Morgan fingerprint density at radius 1 is 1.19 bits per heavy atom. The minimum absolute atomic E-state index is 0.365. The quantitative estimate of drug-likeness (QED) is 0.277. The summed E-state index contributed by atoms with van der Waals surface area (Å²) in [5.41, 5.74) is 10.4. The van der Waals surface area contributed by atoms with E-state index in [2.05, 4.69) is 0 Å². The smallest absolute Gasteiger partial charge is 0.320 e. The third-order valence-electron chi connectivity index (χ3n) is 1.71. The van der Waals surface area contributed by atoms with E-state index in [9.17, 15) is 4.79 Å². The van der Waals surface area contributed by atoms with Crippen molar-refractivity contribution in [1.82, 2.24) is 0 Å². The molecule has 0 saturated carbocycles. The van der Waals surface area contributed by atoms with Crippen LogP contribution in [0.15, 0.2) is 0 Å². The molecule has 0 amide bonds. The highest BCUT2D eigenvalue weighted by Crippen LogP contribution is 1.96. The molecule has 0 radical (unpaired) electrons. The molecule has 7 heteroatoms. The molecule has 0 aliphatic carbocycles. The van der Waals surface area contributed by atoms with Crippen molar-refractivity contribution in [2.24, 2.45) is 11.5 Å². The second kappa shape index (κ2) is 12.3. The number of hydrogen-bond acceptors (Lipinski definition) is 6. The van der Waals surface area contributed by atoms with Gasteiger partial charge < -0.3 is 31.9 Å². The minimum Gasteiger partial charge on any atom is -0.480 e. The number of carboxylic acid groups (broad SMARTS) is 1. The van der Waals surface area contributed by atoms with Gasteiger partial charge in [-0.3, -0.25) is 4.79 Å². The van der Waals surface area contributed by atoms with E-state index in [-0.39, 0.29) is 13.2 Å². The number of unbranched alkanes of at least 4 members (excludes halogenated alkanes) is 1. The van der Waals surface area contributed by atoms with Gasteiger partial charge in [0.25, 0.3) is 0 Å². The molecule has 0 aromatic heterocycles. The number of nitrogens with two attached hydrogens (primary N) is 2. The Kier molecular flexibility index (Phi) is 13.6. The number of rotatable bonds is 7. The molecule has 0 unspecified atom stereocenters. The van der Waals surface area contributed by atoms with Crippen LogP contribution in [-0.4, -0.2) is 58.3 Å². The summed E-state index contributed by atoms with van der Waals surface area (Å²) in [5.74, 6) is -0.933. The lowest BCUT2D eigenvalue weighted by Gasteiger charge is -2.03. The van der Waals surface area contributed by atoms with Gasteiger partial charge in [0.05, 0.1) is 13.2 Å². The summed E-state index contributed by atoms with van der Waals surface area (Å²) in [6, 6.07) is -0.716. The zero-order valence-electron chi connectivity index (χ0n) is 9.25. The van der Waals surface area contributed by atoms with Crippen LogP contribution in [0.3, 0.4) is 0 Å². The predicted octanol–water partition coefficient (Wildman–Crippen LogP) is -2.14. The van der Waals surface area contributed by atoms with Crippen LogP contribution in [0.1, 0.15) is 19.3 Å². The van der Waals surface area contributed by atoms with Crippen LogP contribution in [0.2, 0.25) is 0 Å². The molecule has 0 fully saturated rings. The molecular weight excluding hydrogens is 216 g/mol. The standard InChI is InChI=1S/C6H14N2O2.C3H8O3/c7-4-2-1-3-5(8)6(9)10;4-1-3(6)2-5/h5H,1-4,7-8H2,(H,9,10);3-6H,1-2H2/t5-;/m0./s1.